The SMILES string of the molecule is Cc1cccc2ccccc12.[I][Os][I]. The van der Waals surface area contributed by atoms with Gasteiger partial charge in [0.1, 0.15) is 0 Å². The van der Waals surface area contributed by atoms with Gasteiger partial charge in [0.2, 0.25) is 0 Å². The maximum atomic E-state index is 2.41. The monoisotopic (exact) mass is 588 g/mol. The summed E-state index contributed by atoms with van der Waals surface area (Å²) >= 11 is 4.83. The number of halogens is 2. The van der Waals surface area contributed by atoms with E-state index in [1.807, 2.05) is 0 Å². The molecule has 2 rings (SSSR count). The summed E-state index contributed by atoms with van der Waals surface area (Å²) < 4.78 is 0. The van der Waals surface area contributed by atoms with E-state index < -0.39 is 0 Å². The van der Waals surface area contributed by atoms with Gasteiger partial charge in [0.25, 0.3) is 0 Å². The summed E-state index contributed by atoms with van der Waals surface area (Å²) in [6.07, 6.45) is 0. The van der Waals surface area contributed by atoms with Gasteiger partial charge in [0, 0.05) is 0 Å². The molecule has 0 aliphatic carbocycles. The fraction of sp³-hybridized carbons (Fsp3) is 0.0909. The molecule has 0 aromatic heterocycles. The average molecular weight is 586 g/mol. The van der Waals surface area contributed by atoms with E-state index in [1.165, 1.54) is 16.3 Å². The predicted molar refractivity (Wildman–Crippen MR) is 76.7 cm³/mol. The molecule has 76 valence electrons. The zero-order valence-corrected chi connectivity index (χ0v) is 14.5. The number of benzene rings is 2. The van der Waals surface area contributed by atoms with Gasteiger partial charge in [-0.3, -0.25) is 0 Å². The van der Waals surface area contributed by atoms with E-state index in [0.717, 1.165) is 0 Å². The Morgan fingerprint density at radius 2 is 1.50 bits per heavy atom. The molecule has 0 amide bonds. The Morgan fingerprint density at radius 3 is 2.14 bits per heavy atom. The molecule has 2 aromatic carbocycles. The van der Waals surface area contributed by atoms with Crippen molar-refractivity contribution in [1.29, 1.82) is 0 Å². The van der Waals surface area contributed by atoms with Crippen molar-refractivity contribution in [3.8, 4) is 0 Å². The summed E-state index contributed by atoms with van der Waals surface area (Å²) in [4.78, 5) is 0. The van der Waals surface area contributed by atoms with Crippen molar-refractivity contribution in [2.45, 2.75) is 6.92 Å². The van der Waals surface area contributed by atoms with Crippen LogP contribution >= 0.6 is 39.3 Å². The topological polar surface area (TPSA) is 0 Å². The zero-order valence-electron chi connectivity index (χ0n) is 7.65. The third-order valence-electron chi connectivity index (χ3n) is 2.01. The van der Waals surface area contributed by atoms with Crippen LogP contribution in [0.1, 0.15) is 5.56 Å². The normalized spacial score (nSPS) is 9.64. The average Bonchev–Trinajstić information content (AvgIpc) is 2.20. The second-order valence-electron chi connectivity index (χ2n) is 2.85. The molecule has 0 fully saturated rings. The molecule has 14 heavy (non-hydrogen) atoms. The maximum absolute atomic E-state index is 2.41. The number of rotatable bonds is 0. The van der Waals surface area contributed by atoms with E-state index in [1.54, 1.807) is 0 Å². The van der Waals surface area contributed by atoms with Crippen LogP contribution in [0.3, 0.4) is 0 Å². The summed E-state index contributed by atoms with van der Waals surface area (Å²) in [7, 11) is 0.357. The molecule has 2 aromatic rings. The van der Waals surface area contributed by atoms with Crippen LogP contribution in [0.5, 0.6) is 0 Å². The van der Waals surface area contributed by atoms with Crippen LogP contribution in [-0.2, 0) is 10.3 Å². The molecule has 0 heterocycles. The minimum atomic E-state index is 0.357. The van der Waals surface area contributed by atoms with Gasteiger partial charge in [0.15, 0.2) is 0 Å². The van der Waals surface area contributed by atoms with Gasteiger partial charge in [-0.15, -0.1) is 0 Å². The van der Waals surface area contributed by atoms with Crippen LogP contribution in [0.4, 0.5) is 0 Å². The molecular formula is C11H10I2Os. The standard InChI is InChI=1S/C11H10.2HI.Os/c1-9-5-4-7-10-6-2-3-8-11(9)10;;;/h2-8H,1H3;2*1H;/q;;;+2/p-2. The molecule has 0 aliphatic rings. The van der Waals surface area contributed by atoms with Gasteiger partial charge >= 0.3 is 49.7 Å². The number of fused-ring (bicyclic) bond motifs is 1. The first-order valence-corrected chi connectivity index (χ1v) is 18.5. The fourth-order valence-corrected chi connectivity index (χ4v) is 1.39. The Bertz CT molecular complexity index is 396. The third-order valence-corrected chi connectivity index (χ3v) is 2.01. The zero-order chi connectivity index (χ0) is 10.4. The fourth-order valence-electron chi connectivity index (χ4n) is 1.39. The van der Waals surface area contributed by atoms with Crippen LogP contribution in [0.25, 0.3) is 10.8 Å². The quantitative estimate of drug-likeness (QED) is 0.385. The first-order valence-electron chi connectivity index (χ1n) is 4.09. The first-order chi connectivity index (χ1) is 6.79. The van der Waals surface area contributed by atoms with Crippen LogP contribution < -0.4 is 0 Å². The van der Waals surface area contributed by atoms with Crippen molar-refractivity contribution < 1.29 is 10.3 Å². The molecule has 0 saturated carbocycles. The Balaban J connectivity index is 0.000000293. The summed E-state index contributed by atoms with van der Waals surface area (Å²) in [6.45, 7) is 2.14. The summed E-state index contributed by atoms with van der Waals surface area (Å²) in [6, 6.07) is 14.8. The minimum absolute atomic E-state index is 0.357. The molecule has 3 heteroatoms. The molecule has 0 spiro atoms. The van der Waals surface area contributed by atoms with Crippen LogP contribution in [-0.4, -0.2) is 0 Å². The molecule has 0 aliphatic heterocycles. The molecule has 0 nitrogen and oxygen atoms in total. The Labute approximate surface area is 114 Å². The predicted octanol–water partition coefficient (Wildman–Crippen LogP) is 4.92. The van der Waals surface area contributed by atoms with E-state index in [9.17, 15) is 0 Å². The third kappa shape index (κ3) is 3.75. The van der Waals surface area contributed by atoms with Gasteiger partial charge in [-0.2, -0.15) is 0 Å². The first kappa shape index (κ1) is 12.9. The molecule has 0 unspecified atom stereocenters. The Hall–Kier alpha value is 0.796. The van der Waals surface area contributed by atoms with Crippen molar-refractivity contribution in [3.63, 3.8) is 0 Å². The molecule has 0 bridgehead atoms. The van der Waals surface area contributed by atoms with Crippen molar-refractivity contribution in [2.75, 3.05) is 0 Å². The van der Waals surface area contributed by atoms with Crippen molar-refractivity contribution >= 4 is 50.1 Å². The summed E-state index contributed by atoms with van der Waals surface area (Å²) in [5.74, 6) is 0. The van der Waals surface area contributed by atoms with Gasteiger partial charge in [-0.1, -0.05) is 42.5 Å². The van der Waals surface area contributed by atoms with Crippen LogP contribution in [0.2, 0.25) is 0 Å². The van der Waals surface area contributed by atoms with E-state index >= 15 is 0 Å². The Kier molecular flexibility index (Phi) is 6.55. The van der Waals surface area contributed by atoms with E-state index in [4.69, 9.17) is 0 Å². The van der Waals surface area contributed by atoms with Crippen molar-refractivity contribution in [1.82, 2.24) is 0 Å². The van der Waals surface area contributed by atoms with Crippen LogP contribution in [0.15, 0.2) is 42.5 Å². The number of hydrogen-bond donors (Lipinski definition) is 0. The molecule has 0 N–H and O–H groups in total. The van der Waals surface area contributed by atoms with Crippen molar-refractivity contribution in [3.05, 3.63) is 48.0 Å². The second-order valence-corrected chi connectivity index (χ2v) is 21.4. The van der Waals surface area contributed by atoms with E-state index in [0.29, 0.717) is 10.3 Å². The summed E-state index contributed by atoms with van der Waals surface area (Å²) in [5, 5.41) is 2.68. The van der Waals surface area contributed by atoms with Gasteiger partial charge < -0.3 is 0 Å². The molecular weight excluding hydrogens is 576 g/mol. The van der Waals surface area contributed by atoms with Gasteiger partial charge in [-0.05, 0) is 23.3 Å². The van der Waals surface area contributed by atoms with Gasteiger partial charge in [-0.25, -0.2) is 0 Å². The number of aryl methyl sites for hydroxylation is 1. The summed E-state index contributed by atoms with van der Waals surface area (Å²) in [5.41, 5.74) is 1.35. The molecule has 0 radical (unpaired) electrons. The Morgan fingerprint density at radius 1 is 0.929 bits per heavy atom. The van der Waals surface area contributed by atoms with E-state index in [2.05, 4.69) is 88.7 Å². The van der Waals surface area contributed by atoms with Crippen molar-refractivity contribution in [2.24, 2.45) is 0 Å². The number of hydrogen-bond acceptors (Lipinski definition) is 0. The van der Waals surface area contributed by atoms with Crippen LogP contribution in [0, 0.1) is 6.92 Å². The molecule has 0 saturated heterocycles. The van der Waals surface area contributed by atoms with Gasteiger partial charge in [0.05, 0.1) is 0 Å². The molecule has 0 atom stereocenters. The van der Waals surface area contributed by atoms with E-state index in [-0.39, 0.29) is 0 Å². The second kappa shape index (κ2) is 7.13.